The van der Waals surface area contributed by atoms with Crippen LogP contribution in [0.5, 0.6) is 5.75 Å². The number of fused-ring (bicyclic) bond motifs is 1. The molecule has 3 rings (SSSR count). The first kappa shape index (κ1) is 18.6. The van der Waals surface area contributed by atoms with Gasteiger partial charge >= 0.3 is 0 Å². The Hall–Kier alpha value is -1.21. The minimum atomic E-state index is 0.0652. The molecule has 0 spiro atoms. The summed E-state index contributed by atoms with van der Waals surface area (Å²) in [5, 5.41) is 18.2. The van der Waals surface area contributed by atoms with Crippen molar-refractivity contribution in [3.05, 3.63) is 59.4 Å². The summed E-state index contributed by atoms with van der Waals surface area (Å²) in [6.45, 7) is 0.337. The molecule has 1 unspecified atom stereocenters. The van der Waals surface area contributed by atoms with E-state index in [0.717, 1.165) is 24.2 Å². The predicted octanol–water partition coefficient (Wildman–Crippen LogP) is 3.60. The van der Waals surface area contributed by atoms with Crippen molar-refractivity contribution >= 4 is 23.5 Å². The number of aryl methyl sites for hydroxylation is 1. The lowest BCUT2D eigenvalue weighted by Gasteiger charge is -2.27. The second-order valence-electron chi connectivity index (χ2n) is 5.82. The van der Waals surface area contributed by atoms with Crippen LogP contribution in [0.25, 0.3) is 0 Å². The number of rotatable bonds is 8. The topological polar surface area (TPSA) is 62.6 Å². The average molecular weight is 378 g/mol. The Balaban J connectivity index is 1.74. The molecule has 0 amide bonds. The van der Waals surface area contributed by atoms with E-state index in [2.05, 4.69) is 29.2 Å². The molecule has 25 heavy (non-hydrogen) atoms. The first-order valence-electron chi connectivity index (χ1n) is 8.46. The van der Waals surface area contributed by atoms with Crippen LogP contribution >= 0.6 is 23.5 Å². The Labute approximate surface area is 157 Å². The summed E-state index contributed by atoms with van der Waals surface area (Å²) >= 11 is 3.43. The normalized spacial score (nSPS) is 16.5. The highest BCUT2D eigenvalue weighted by atomic mass is 32.2. The fourth-order valence-electron chi connectivity index (χ4n) is 2.92. The van der Waals surface area contributed by atoms with Crippen molar-refractivity contribution in [3.8, 4) is 5.75 Å². The molecule has 134 valence electrons. The molecule has 1 aromatic carbocycles. The van der Waals surface area contributed by atoms with Crippen LogP contribution in [0, 0.1) is 0 Å². The number of benzene rings is 1. The fourth-order valence-corrected chi connectivity index (χ4v) is 5.20. The van der Waals surface area contributed by atoms with Gasteiger partial charge in [0.15, 0.2) is 0 Å². The maximum absolute atomic E-state index is 9.11. The smallest absolute Gasteiger partial charge is 0.126 e. The largest absolute Gasteiger partial charge is 0.485 e. The predicted molar refractivity (Wildman–Crippen MR) is 104 cm³/mol. The van der Waals surface area contributed by atoms with E-state index < -0.39 is 0 Å². The molecule has 1 aromatic heterocycles. The lowest BCUT2D eigenvalue weighted by molar-refractivity contribution is 0.176. The zero-order valence-electron chi connectivity index (χ0n) is 14.0. The van der Waals surface area contributed by atoms with Gasteiger partial charge < -0.3 is 14.9 Å². The van der Waals surface area contributed by atoms with E-state index in [1.165, 1.54) is 11.1 Å². The van der Waals surface area contributed by atoms with Crippen LogP contribution in [0.1, 0.15) is 33.8 Å². The summed E-state index contributed by atoms with van der Waals surface area (Å²) in [4.78, 5) is 4.18. The minimum Gasteiger partial charge on any atom is -0.485 e. The summed E-state index contributed by atoms with van der Waals surface area (Å²) < 4.78 is 6.40. The summed E-state index contributed by atoms with van der Waals surface area (Å²) in [6.07, 6.45) is 5.64. The summed E-state index contributed by atoms with van der Waals surface area (Å²) in [6, 6.07) is 10.4. The number of aliphatic hydroxyl groups is 2. The van der Waals surface area contributed by atoms with Crippen molar-refractivity contribution in [1.82, 2.24) is 4.98 Å². The maximum atomic E-state index is 9.11. The van der Waals surface area contributed by atoms with Gasteiger partial charge in [0.1, 0.15) is 11.9 Å². The van der Waals surface area contributed by atoms with Gasteiger partial charge in [0.2, 0.25) is 0 Å². The van der Waals surface area contributed by atoms with E-state index in [9.17, 15) is 0 Å². The Morgan fingerprint density at radius 3 is 2.64 bits per heavy atom. The molecule has 0 fully saturated rings. The Morgan fingerprint density at radius 1 is 1.16 bits per heavy atom. The van der Waals surface area contributed by atoms with E-state index in [4.69, 9.17) is 14.9 Å². The fraction of sp³-hybridized carbons (Fsp3) is 0.421. The highest BCUT2D eigenvalue weighted by Gasteiger charge is 2.23. The third kappa shape index (κ3) is 4.91. The zero-order chi connectivity index (χ0) is 17.5. The SMILES string of the molecule is OCCSC(SCCO)c1ccc2c(c1)CCC(c1cccnc1)O2. The van der Waals surface area contributed by atoms with Crippen LogP contribution < -0.4 is 4.74 Å². The molecule has 6 heteroatoms. The second kappa shape index (κ2) is 9.48. The van der Waals surface area contributed by atoms with Gasteiger partial charge in [-0.15, -0.1) is 23.5 Å². The Bertz CT molecular complexity index is 661. The lowest BCUT2D eigenvalue weighted by Crippen LogP contribution is -2.15. The molecule has 1 aliphatic heterocycles. The van der Waals surface area contributed by atoms with Gasteiger partial charge in [0.25, 0.3) is 0 Å². The maximum Gasteiger partial charge on any atom is 0.126 e. The molecule has 0 aliphatic carbocycles. The molecular weight excluding hydrogens is 354 g/mol. The quantitative estimate of drug-likeness (QED) is 0.686. The molecule has 2 N–H and O–H groups in total. The van der Waals surface area contributed by atoms with Gasteiger partial charge in [-0.1, -0.05) is 18.2 Å². The number of thioether (sulfide) groups is 2. The van der Waals surface area contributed by atoms with Gasteiger partial charge in [-0.05, 0) is 36.1 Å². The number of ether oxygens (including phenoxy) is 1. The van der Waals surface area contributed by atoms with Gasteiger partial charge in [0, 0.05) is 29.5 Å². The highest BCUT2D eigenvalue weighted by molar-refractivity contribution is 8.16. The van der Waals surface area contributed by atoms with Gasteiger partial charge in [-0.3, -0.25) is 4.98 Å². The van der Waals surface area contributed by atoms with Gasteiger partial charge in [0.05, 0.1) is 17.8 Å². The molecule has 0 saturated heterocycles. The van der Waals surface area contributed by atoms with E-state index in [1.807, 2.05) is 12.3 Å². The minimum absolute atomic E-state index is 0.0652. The Kier molecular flexibility index (Phi) is 7.04. The first-order valence-corrected chi connectivity index (χ1v) is 10.6. The number of hydrogen-bond donors (Lipinski definition) is 2. The molecule has 2 heterocycles. The van der Waals surface area contributed by atoms with Crippen LogP contribution in [-0.4, -0.2) is 39.9 Å². The third-order valence-corrected chi connectivity index (χ3v) is 6.88. The van der Waals surface area contributed by atoms with Gasteiger partial charge in [-0.2, -0.15) is 0 Å². The van der Waals surface area contributed by atoms with Crippen molar-refractivity contribution in [2.75, 3.05) is 24.7 Å². The molecule has 2 aromatic rings. The monoisotopic (exact) mass is 377 g/mol. The third-order valence-electron chi connectivity index (χ3n) is 4.08. The molecular formula is C19H23NO3S2. The van der Waals surface area contributed by atoms with Crippen LogP contribution in [0.3, 0.4) is 0 Å². The highest BCUT2D eigenvalue weighted by Crippen LogP contribution is 2.42. The number of aromatic nitrogens is 1. The van der Waals surface area contributed by atoms with E-state index in [1.54, 1.807) is 29.7 Å². The Morgan fingerprint density at radius 2 is 1.96 bits per heavy atom. The molecule has 4 nitrogen and oxygen atoms in total. The van der Waals surface area contributed by atoms with Crippen LogP contribution in [0.2, 0.25) is 0 Å². The molecule has 0 radical (unpaired) electrons. The molecule has 1 aliphatic rings. The molecule has 0 saturated carbocycles. The number of aliphatic hydroxyl groups excluding tert-OH is 2. The average Bonchev–Trinajstić information content (AvgIpc) is 2.68. The first-order chi connectivity index (χ1) is 12.3. The number of hydrogen-bond acceptors (Lipinski definition) is 6. The zero-order valence-corrected chi connectivity index (χ0v) is 15.6. The van der Waals surface area contributed by atoms with E-state index in [0.29, 0.717) is 11.5 Å². The van der Waals surface area contributed by atoms with Crippen LogP contribution in [0.15, 0.2) is 42.7 Å². The lowest BCUT2D eigenvalue weighted by atomic mass is 9.97. The van der Waals surface area contributed by atoms with Crippen LogP contribution in [-0.2, 0) is 6.42 Å². The summed E-state index contributed by atoms with van der Waals surface area (Å²) in [5.74, 6) is 2.33. The van der Waals surface area contributed by atoms with Crippen molar-refractivity contribution in [2.24, 2.45) is 0 Å². The van der Waals surface area contributed by atoms with Crippen molar-refractivity contribution in [3.63, 3.8) is 0 Å². The number of pyridine rings is 1. The summed E-state index contributed by atoms with van der Waals surface area (Å²) in [5.41, 5.74) is 3.57. The molecule has 1 atom stereocenters. The van der Waals surface area contributed by atoms with E-state index >= 15 is 0 Å². The second-order valence-corrected chi connectivity index (χ2v) is 8.54. The van der Waals surface area contributed by atoms with Crippen molar-refractivity contribution in [1.29, 1.82) is 0 Å². The van der Waals surface area contributed by atoms with Crippen LogP contribution in [0.4, 0.5) is 0 Å². The van der Waals surface area contributed by atoms with Crippen molar-refractivity contribution in [2.45, 2.75) is 23.5 Å². The molecule has 0 bridgehead atoms. The standard InChI is InChI=1S/C19H23NO3S2/c21-8-10-24-19(25-11-9-22)15-4-6-17-14(12-15)3-5-18(23-17)16-2-1-7-20-13-16/h1-2,4,6-7,12-13,18-19,21-22H,3,5,8-11H2. The van der Waals surface area contributed by atoms with Crippen molar-refractivity contribution < 1.29 is 14.9 Å². The van der Waals surface area contributed by atoms with E-state index in [-0.39, 0.29) is 23.9 Å². The number of nitrogens with zero attached hydrogens (tertiary/aromatic N) is 1. The summed E-state index contributed by atoms with van der Waals surface area (Å²) in [7, 11) is 0. The van der Waals surface area contributed by atoms with Gasteiger partial charge in [-0.25, -0.2) is 0 Å².